The SMILES string of the molecule is CSc1cccc(NC(=O)[C@H]2CCCN(S(=O)(=O)c3c(C)noc3/C=C/c3c(C)cc(C)cc3C)C2)c1. The fourth-order valence-corrected chi connectivity index (χ4v) is 7.09. The van der Waals surface area contributed by atoms with Gasteiger partial charge in [0.15, 0.2) is 10.7 Å². The zero-order chi connectivity index (χ0) is 26.7. The van der Waals surface area contributed by atoms with Gasteiger partial charge in [0.05, 0.1) is 5.92 Å². The number of hydrogen-bond acceptors (Lipinski definition) is 6. The van der Waals surface area contributed by atoms with E-state index in [0.717, 1.165) is 21.6 Å². The van der Waals surface area contributed by atoms with E-state index >= 15 is 0 Å². The van der Waals surface area contributed by atoms with Crippen molar-refractivity contribution in [3.63, 3.8) is 0 Å². The van der Waals surface area contributed by atoms with Crippen molar-refractivity contribution in [2.45, 2.75) is 50.3 Å². The fourth-order valence-electron chi connectivity index (χ4n) is 4.86. The quantitative estimate of drug-likeness (QED) is 0.379. The first-order valence-electron chi connectivity index (χ1n) is 12.3. The maximum absolute atomic E-state index is 13.7. The summed E-state index contributed by atoms with van der Waals surface area (Å²) in [7, 11) is -3.92. The Morgan fingerprint density at radius 2 is 1.86 bits per heavy atom. The molecule has 1 aromatic heterocycles. The molecule has 7 nitrogen and oxygen atoms in total. The summed E-state index contributed by atoms with van der Waals surface area (Å²) < 4.78 is 34.3. The predicted octanol–water partition coefficient (Wildman–Crippen LogP) is 5.84. The molecule has 0 radical (unpaired) electrons. The van der Waals surface area contributed by atoms with Crippen LogP contribution in [0.25, 0.3) is 12.2 Å². The summed E-state index contributed by atoms with van der Waals surface area (Å²) in [6, 6.07) is 11.8. The number of carbonyl (C=O) groups excluding carboxylic acids is 1. The molecule has 0 saturated carbocycles. The Balaban J connectivity index is 1.55. The van der Waals surface area contributed by atoms with Crippen molar-refractivity contribution >= 4 is 45.5 Å². The molecule has 0 spiro atoms. The smallest absolute Gasteiger partial charge is 0.248 e. The molecular formula is C28H33N3O4S2. The van der Waals surface area contributed by atoms with Gasteiger partial charge in [-0.1, -0.05) is 35.0 Å². The first kappa shape index (κ1) is 27.2. The van der Waals surface area contributed by atoms with E-state index < -0.39 is 15.9 Å². The third-order valence-electron chi connectivity index (χ3n) is 6.66. The average molecular weight is 540 g/mol. The van der Waals surface area contributed by atoms with Gasteiger partial charge in [-0.15, -0.1) is 11.8 Å². The number of hydrogen-bond donors (Lipinski definition) is 1. The van der Waals surface area contributed by atoms with Gasteiger partial charge in [0.25, 0.3) is 0 Å². The molecule has 0 aliphatic carbocycles. The molecule has 1 fully saturated rings. The van der Waals surface area contributed by atoms with Crippen molar-refractivity contribution in [2.24, 2.45) is 5.92 Å². The number of amides is 1. The summed E-state index contributed by atoms with van der Waals surface area (Å²) in [4.78, 5) is 14.1. The van der Waals surface area contributed by atoms with Crippen molar-refractivity contribution in [3.05, 3.63) is 70.1 Å². The summed E-state index contributed by atoms with van der Waals surface area (Å²) in [5, 5.41) is 6.91. The second-order valence-electron chi connectivity index (χ2n) is 9.53. The summed E-state index contributed by atoms with van der Waals surface area (Å²) >= 11 is 1.60. The Labute approximate surface area is 223 Å². The van der Waals surface area contributed by atoms with E-state index in [0.29, 0.717) is 30.8 Å². The Morgan fingerprint density at radius 3 is 2.57 bits per heavy atom. The number of aryl methyl sites for hydroxylation is 4. The van der Waals surface area contributed by atoms with Crippen LogP contribution < -0.4 is 5.32 Å². The van der Waals surface area contributed by atoms with E-state index in [9.17, 15) is 13.2 Å². The van der Waals surface area contributed by atoms with Crippen LogP contribution in [-0.2, 0) is 14.8 Å². The van der Waals surface area contributed by atoms with Crippen molar-refractivity contribution in [3.8, 4) is 0 Å². The van der Waals surface area contributed by atoms with Crippen LogP contribution in [0, 0.1) is 33.6 Å². The lowest BCUT2D eigenvalue weighted by molar-refractivity contribution is -0.120. The minimum atomic E-state index is -3.92. The Morgan fingerprint density at radius 1 is 1.14 bits per heavy atom. The highest BCUT2D eigenvalue weighted by Gasteiger charge is 2.37. The molecule has 9 heteroatoms. The van der Waals surface area contributed by atoms with E-state index in [4.69, 9.17) is 4.52 Å². The molecule has 2 heterocycles. The van der Waals surface area contributed by atoms with E-state index in [1.54, 1.807) is 24.8 Å². The van der Waals surface area contributed by atoms with Gasteiger partial charge < -0.3 is 9.84 Å². The number of carbonyl (C=O) groups is 1. The largest absolute Gasteiger partial charge is 0.355 e. The maximum atomic E-state index is 13.7. The van der Waals surface area contributed by atoms with Crippen LogP contribution in [0.2, 0.25) is 0 Å². The minimum Gasteiger partial charge on any atom is -0.355 e. The molecule has 37 heavy (non-hydrogen) atoms. The topological polar surface area (TPSA) is 92.5 Å². The second-order valence-corrected chi connectivity index (χ2v) is 12.3. The Bertz CT molecular complexity index is 1420. The highest BCUT2D eigenvalue weighted by atomic mass is 32.2. The zero-order valence-corrected chi connectivity index (χ0v) is 23.5. The summed E-state index contributed by atoms with van der Waals surface area (Å²) in [5.41, 5.74) is 5.40. The number of aromatic nitrogens is 1. The third kappa shape index (κ3) is 6.00. The summed E-state index contributed by atoms with van der Waals surface area (Å²) in [6.45, 7) is 8.19. The molecule has 1 N–H and O–H groups in total. The molecule has 196 valence electrons. The molecule has 1 amide bonds. The molecule has 3 aromatic rings. The van der Waals surface area contributed by atoms with E-state index in [1.807, 2.05) is 57.4 Å². The summed E-state index contributed by atoms with van der Waals surface area (Å²) in [5.74, 6) is -0.429. The van der Waals surface area contributed by atoms with Crippen LogP contribution in [0.3, 0.4) is 0 Å². The van der Waals surface area contributed by atoms with Crippen LogP contribution in [0.5, 0.6) is 0 Å². The van der Waals surface area contributed by atoms with Gasteiger partial charge in [-0.2, -0.15) is 4.31 Å². The number of sulfonamides is 1. The molecule has 2 aromatic carbocycles. The fraction of sp³-hybridized carbons (Fsp3) is 0.357. The standard InChI is InChI=1S/C28H33N3O4S2/c1-18-14-19(2)25(20(3)15-18)11-12-26-27(21(4)30-35-26)37(33,34)31-13-7-8-22(17-31)28(32)29-23-9-6-10-24(16-23)36-5/h6,9-12,14-16,22H,7-8,13,17H2,1-5H3,(H,29,32)/b12-11+/t22-/m0/s1. The normalized spacial score (nSPS) is 16.8. The van der Waals surface area contributed by atoms with Gasteiger partial charge in [0.1, 0.15) is 5.69 Å². The van der Waals surface area contributed by atoms with E-state index in [2.05, 4.69) is 22.6 Å². The Hall–Kier alpha value is -2.88. The van der Waals surface area contributed by atoms with Crippen LogP contribution in [-0.4, -0.2) is 43.1 Å². The van der Waals surface area contributed by atoms with Gasteiger partial charge >= 0.3 is 0 Å². The van der Waals surface area contributed by atoms with Crippen molar-refractivity contribution in [2.75, 3.05) is 24.7 Å². The highest BCUT2D eigenvalue weighted by molar-refractivity contribution is 7.98. The first-order valence-corrected chi connectivity index (χ1v) is 14.9. The number of nitrogens with one attached hydrogen (secondary N) is 1. The molecule has 1 aliphatic rings. The molecular weight excluding hydrogens is 506 g/mol. The monoisotopic (exact) mass is 539 g/mol. The van der Waals surface area contributed by atoms with Gasteiger partial charge in [-0.05, 0) is 87.8 Å². The molecule has 1 saturated heterocycles. The van der Waals surface area contributed by atoms with Crippen molar-refractivity contribution < 1.29 is 17.7 Å². The molecule has 4 rings (SSSR count). The van der Waals surface area contributed by atoms with Gasteiger partial charge in [-0.3, -0.25) is 4.79 Å². The average Bonchev–Trinajstić information content (AvgIpc) is 3.24. The van der Waals surface area contributed by atoms with E-state index in [-0.39, 0.29) is 23.1 Å². The van der Waals surface area contributed by atoms with Crippen LogP contribution in [0.1, 0.15) is 46.5 Å². The predicted molar refractivity (Wildman–Crippen MR) is 149 cm³/mol. The van der Waals surface area contributed by atoms with Crippen molar-refractivity contribution in [1.82, 2.24) is 9.46 Å². The van der Waals surface area contributed by atoms with Crippen LogP contribution in [0.15, 0.2) is 50.7 Å². The lowest BCUT2D eigenvalue weighted by Crippen LogP contribution is -2.43. The first-order chi connectivity index (χ1) is 17.6. The third-order valence-corrected chi connectivity index (χ3v) is 9.41. The number of piperidine rings is 1. The molecule has 1 aliphatic heterocycles. The molecule has 0 unspecified atom stereocenters. The van der Waals surface area contributed by atoms with Crippen molar-refractivity contribution in [1.29, 1.82) is 0 Å². The van der Waals surface area contributed by atoms with Crippen LogP contribution >= 0.6 is 11.8 Å². The number of benzene rings is 2. The number of nitrogens with zero attached hydrogens (tertiary/aromatic N) is 2. The number of anilines is 1. The maximum Gasteiger partial charge on any atom is 0.248 e. The van der Waals surface area contributed by atoms with Gasteiger partial charge in [0.2, 0.25) is 15.9 Å². The van der Waals surface area contributed by atoms with Gasteiger partial charge in [0, 0.05) is 23.7 Å². The zero-order valence-electron chi connectivity index (χ0n) is 21.9. The number of thioether (sulfide) groups is 1. The lowest BCUT2D eigenvalue weighted by atomic mass is 9.99. The van der Waals surface area contributed by atoms with Gasteiger partial charge in [-0.25, -0.2) is 8.42 Å². The van der Waals surface area contributed by atoms with Crippen LogP contribution in [0.4, 0.5) is 5.69 Å². The van der Waals surface area contributed by atoms with E-state index in [1.165, 1.54) is 9.87 Å². The second kappa shape index (κ2) is 11.2. The number of rotatable bonds is 7. The molecule has 0 bridgehead atoms. The lowest BCUT2D eigenvalue weighted by Gasteiger charge is -2.31. The Kier molecular flexibility index (Phi) is 8.26. The highest BCUT2D eigenvalue weighted by Crippen LogP contribution is 2.30. The summed E-state index contributed by atoms with van der Waals surface area (Å²) in [6.07, 6.45) is 6.74. The minimum absolute atomic E-state index is 0.0555. The molecule has 1 atom stereocenters.